The fourth-order valence-corrected chi connectivity index (χ4v) is 3.36. The number of furan rings is 1. The Morgan fingerprint density at radius 3 is 2.72 bits per heavy atom. The zero-order chi connectivity index (χ0) is 19.8. The number of hydrogen-bond acceptors (Lipinski definition) is 5. The minimum absolute atomic E-state index is 0. The van der Waals surface area contributed by atoms with Crippen molar-refractivity contribution < 1.29 is 18.7 Å². The Bertz CT molecular complexity index is 776. The lowest BCUT2D eigenvalue weighted by Crippen LogP contribution is -2.48. The van der Waals surface area contributed by atoms with Gasteiger partial charge in [0.2, 0.25) is 0 Å². The van der Waals surface area contributed by atoms with E-state index in [1.54, 1.807) is 36.4 Å². The minimum atomic E-state index is -0.335. The standard InChI is InChI=1S/C21H27N3O4.ClH/c1-2-12-24(17-8-10-22-11-9-17)20(25)15-28-18-6-3-5-16(14-18)23-21(26)19-7-4-13-27-19;/h3-7,13-14,17,22H,2,8-12,15H2,1H3,(H,23,26);1H. The summed E-state index contributed by atoms with van der Waals surface area (Å²) in [4.78, 5) is 26.7. The fourth-order valence-electron chi connectivity index (χ4n) is 3.36. The molecule has 0 saturated carbocycles. The number of anilines is 1. The van der Waals surface area contributed by atoms with Gasteiger partial charge >= 0.3 is 0 Å². The highest BCUT2D eigenvalue weighted by Gasteiger charge is 2.24. The molecule has 1 aromatic heterocycles. The average Bonchev–Trinajstić information content (AvgIpc) is 3.26. The van der Waals surface area contributed by atoms with Crippen molar-refractivity contribution in [2.24, 2.45) is 0 Å². The number of piperidine rings is 1. The monoisotopic (exact) mass is 421 g/mol. The van der Waals surface area contributed by atoms with Gasteiger partial charge in [0.1, 0.15) is 5.75 Å². The molecule has 1 aliphatic heterocycles. The van der Waals surface area contributed by atoms with Gasteiger partial charge in [-0.25, -0.2) is 0 Å². The van der Waals surface area contributed by atoms with Gasteiger partial charge in [0.15, 0.2) is 12.4 Å². The van der Waals surface area contributed by atoms with Crippen LogP contribution in [0.3, 0.4) is 0 Å². The van der Waals surface area contributed by atoms with Gasteiger partial charge in [-0.05, 0) is 56.6 Å². The molecule has 2 heterocycles. The Morgan fingerprint density at radius 1 is 1.24 bits per heavy atom. The molecule has 1 aromatic carbocycles. The van der Waals surface area contributed by atoms with E-state index in [2.05, 4.69) is 17.6 Å². The maximum absolute atomic E-state index is 12.7. The van der Waals surface area contributed by atoms with Crippen LogP contribution in [0.1, 0.15) is 36.7 Å². The molecule has 2 N–H and O–H groups in total. The first-order valence-corrected chi connectivity index (χ1v) is 9.75. The molecule has 0 unspecified atom stereocenters. The Morgan fingerprint density at radius 2 is 2.03 bits per heavy atom. The number of benzene rings is 1. The van der Waals surface area contributed by atoms with E-state index in [-0.39, 0.29) is 42.6 Å². The van der Waals surface area contributed by atoms with Crippen LogP contribution in [-0.2, 0) is 4.79 Å². The number of nitrogens with one attached hydrogen (secondary N) is 2. The summed E-state index contributed by atoms with van der Waals surface area (Å²) in [5.74, 6) is 0.433. The predicted molar refractivity (Wildman–Crippen MR) is 114 cm³/mol. The van der Waals surface area contributed by atoms with Crippen molar-refractivity contribution in [1.29, 1.82) is 0 Å². The van der Waals surface area contributed by atoms with Crippen LogP contribution in [-0.4, -0.2) is 49.0 Å². The number of hydrogen-bond donors (Lipinski definition) is 2. The van der Waals surface area contributed by atoms with E-state index in [0.717, 1.165) is 38.9 Å². The molecular weight excluding hydrogens is 394 g/mol. The molecule has 1 aliphatic rings. The molecule has 8 heteroatoms. The van der Waals surface area contributed by atoms with Gasteiger partial charge in [0.05, 0.1) is 6.26 Å². The predicted octanol–water partition coefficient (Wildman–Crippen LogP) is 3.32. The molecule has 29 heavy (non-hydrogen) atoms. The largest absolute Gasteiger partial charge is 0.484 e. The quantitative estimate of drug-likeness (QED) is 0.683. The molecule has 3 rings (SSSR count). The van der Waals surface area contributed by atoms with Gasteiger partial charge in [0.25, 0.3) is 11.8 Å². The second-order valence-electron chi connectivity index (χ2n) is 6.82. The average molecular weight is 422 g/mol. The topological polar surface area (TPSA) is 83.8 Å². The summed E-state index contributed by atoms with van der Waals surface area (Å²) >= 11 is 0. The summed E-state index contributed by atoms with van der Waals surface area (Å²) in [5.41, 5.74) is 0.579. The van der Waals surface area contributed by atoms with Crippen LogP contribution in [0.4, 0.5) is 5.69 Å². The lowest BCUT2D eigenvalue weighted by Gasteiger charge is -2.34. The summed E-state index contributed by atoms with van der Waals surface area (Å²) < 4.78 is 10.8. The van der Waals surface area contributed by atoms with Gasteiger partial charge < -0.3 is 24.7 Å². The molecule has 158 valence electrons. The maximum atomic E-state index is 12.7. The second kappa shape index (κ2) is 11.5. The fraction of sp³-hybridized carbons (Fsp3) is 0.429. The molecule has 1 saturated heterocycles. The van der Waals surface area contributed by atoms with Crippen LogP contribution in [0, 0.1) is 0 Å². The van der Waals surface area contributed by atoms with E-state index in [1.807, 2.05) is 4.90 Å². The van der Waals surface area contributed by atoms with Gasteiger partial charge in [-0.15, -0.1) is 12.4 Å². The van der Waals surface area contributed by atoms with Crippen LogP contribution in [0.5, 0.6) is 5.75 Å². The lowest BCUT2D eigenvalue weighted by atomic mass is 10.0. The molecule has 7 nitrogen and oxygen atoms in total. The third kappa shape index (κ3) is 6.51. The summed E-state index contributed by atoms with van der Waals surface area (Å²) in [6, 6.07) is 10.5. The van der Waals surface area contributed by atoms with Crippen LogP contribution in [0.15, 0.2) is 47.1 Å². The van der Waals surface area contributed by atoms with Gasteiger partial charge in [-0.1, -0.05) is 13.0 Å². The SMILES string of the molecule is CCCN(C(=O)COc1cccc(NC(=O)c2ccco2)c1)C1CCNCC1.Cl. The number of carbonyl (C=O) groups excluding carboxylic acids is 2. The van der Waals surface area contributed by atoms with E-state index in [9.17, 15) is 9.59 Å². The van der Waals surface area contributed by atoms with E-state index >= 15 is 0 Å². The number of amides is 2. The summed E-state index contributed by atoms with van der Waals surface area (Å²) in [5, 5.41) is 6.08. The number of carbonyl (C=O) groups is 2. The zero-order valence-electron chi connectivity index (χ0n) is 16.6. The van der Waals surface area contributed by atoms with Crippen LogP contribution < -0.4 is 15.4 Å². The van der Waals surface area contributed by atoms with Crippen molar-refractivity contribution in [3.8, 4) is 5.75 Å². The Labute approximate surface area is 177 Å². The Balaban J connectivity index is 0.00000300. The minimum Gasteiger partial charge on any atom is -0.484 e. The van der Waals surface area contributed by atoms with Crippen molar-refractivity contribution in [2.75, 3.05) is 31.6 Å². The van der Waals surface area contributed by atoms with Crippen molar-refractivity contribution in [1.82, 2.24) is 10.2 Å². The van der Waals surface area contributed by atoms with Crippen molar-refractivity contribution >= 4 is 29.9 Å². The highest BCUT2D eigenvalue weighted by Crippen LogP contribution is 2.19. The molecule has 1 fully saturated rings. The van der Waals surface area contributed by atoms with Gasteiger partial charge in [-0.3, -0.25) is 9.59 Å². The van der Waals surface area contributed by atoms with Gasteiger partial charge in [0, 0.05) is 24.3 Å². The van der Waals surface area contributed by atoms with Crippen LogP contribution in [0.25, 0.3) is 0 Å². The smallest absolute Gasteiger partial charge is 0.291 e. The third-order valence-corrected chi connectivity index (χ3v) is 4.73. The molecule has 0 bridgehead atoms. The Hall–Kier alpha value is -2.51. The first-order chi connectivity index (χ1) is 13.7. The molecule has 0 aliphatic carbocycles. The third-order valence-electron chi connectivity index (χ3n) is 4.73. The normalized spacial score (nSPS) is 14.0. The number of rotatable bonds is 8. The first kappa shape index (κ1) is 22.8. The summed E-state index contributed by atoms with van der Waals surface area (Å²) in [6.45, 7) is 4.69. The zero-order valence-corrected chi connectivity index (χ0v) is 17.4. The van der Waals surface area contributed by atoms with E-state index in [0.29, 0.717) is 11.4 Å². The molecule has 2 aromatic rings. The van der Waals surface area contributed by atoms with Crippen LogP contribution in [0.2, 0.25) is 0 Å². The van der Waals surface area contributed by atoms with Crippen molar-refractivity contribution in [3.63, 3.8) is 0 Å². The number of halogens is 1. The molecule has 0 spiro atoms. The highest BCUT2D eigenvalue weighted by atomic mass is 35.5. The molecular formula is C21H28ClN3O4. The van der Waals surface area contributed by atoms with E-state index in [4.69, 9.17) is 9.15 Å². The van der Waals surface area contributed by atoms with Crippen molar-refractivity contribution in [3.05, 3.63) is 48.4 Å². The number of ether oxygens (including phenoxy) is 1. The Kier molecular flexibility index (Phi) is 9.02. The first-order valence-electron chi connectivity index (χ1n) is 9.75. The van der Waals surface area contributed by atoms with E-state index < -0.39 is 0 Å². The van der Waals surface area contributed by atoms with Crippen molar-refractivity contribution in [2.45, 2.75) is 32.2 Å². The molecule has 0 atom stereocenters. The summed E-state index contributed by atoms with van der Waals surface area (Å²) in [7, 11) is 0. The van der Waals surface area contributed by atoms with Gasteiger partial charge in [-0.2, -0.15) is 0 Å². The highest BCUT2D eigenvalue weighted by molar-refractivity contribution is 6.02. The molecule has 2 amide bonds. The maximum Gasteiger partial charge on any atom is 0.291 e. The molecule has 0 radical (unpaired) electrons. The van der Waals surface area contributed by atoms with E-state index in [1.165, 1.54) is 6.26 Å². The second-order valence-corrected chi connectivity index (χ2v) is 6.82. The van der Waals surface area contributed by atoms with Crippen LogP contribution >= 0.6 is 12.4 Å². The number of nitrogens with zero attached hydrogens (tertiary/aromatic N) is 1. The lowest BCUT2D eigenvalue weighted by molar-refractivity contribution is -0.136. The summed E-state index contributed by atoms with van der Waals surface area (Å²) in [6.07, 6.45) is 4.31.